The summed E-state index contributed by atoms with van der Waals surface area (Å²) in [6, 6.07) is 8.99. The number of carbonyl (C=O) groups is 1. The van der Waals surface area contributed by atoms with E-state index in [2.05, 4.69) is 15.4 Å². The summed E-state index contributed by atoms with van der Waals surface area (Å²) in [5, 5.41) is 1.43. The van der Waals surface area contributed by atoms with Gasteiger partial charge in [-0.15, -0.1) is 0 Å². The predicted octanol–water partition coefficient (Wildman–Crippen LogP) is 5.57. The standard InChI is InChI=1S/C20H15Cl2F3N4O2/c1-12-7-14(21)4-5-18(12)31-19-17(3-2-6-26-19)29(11-30)28-10-16-15(22)8-13(9-27-16)20(23,24)25/h2-9,11,28H,10H2,1H3. The van der Waals surface area contributed by atoms with Crippen LogP contribution in [0.3, 0.4) is 0 Å². The van der Waals surface area contributed by atoms with Crippen LogP contribution in [0, 0.1) is 6.92 Å². The summed E-state index contributed by atoms with van der Waals surface area (Å²) >= 11 is 11.9. The van der Waals surface area contributed by atoms with Crippen molar-refractivity contribution < 1.29 is 22.7 Å². The fraction of sp³-hybridized carbons (Fsp3) is 0.150. The Morgan fingerprint density at radius 1 is 1.19 bits per heavy atom. The molecule has 162 valence electrons. The molecule has 0 aliphatic heterocycles. The first kappa shape index (κ1) is 22.8. The van der Waals surface area contributed by atoms with Crippen molar-refractivity contribution in [3.63, 3.8) is 0 Å². The normalized spacial score (nSPS) is 11.3. The average molecular weight is 471 g/mol. The summed E-state index contributed by atoms with van der Waals surface area (Å²) in [4.78, 5) is 19.6. The molecule has 0 radical (unpaired) electrons. The Morgan fingerprint density at radius 2 is 1.97 bits per heavy atom. The number of aromatic nitrogens is 2. The molecule has 1 aromatic carbocycles. The minimum absolute atomic E-state index is 0.121. The molecule has 11 heteroatoms. The van der Waals surface area contributed by atoms with Gasteiger partial charge in [0.05, 0.1) is 22.8 Å². The number of benzene rings is 1. The summed E-state index contributed by atoms with van der Waals surface area (Å²) in [6.07, 6.45) is -1.92. The first-order chi connectivity index (χ1) is 14.7. The quantitative estimate of drug-likeness (QED) is 0.361. The van der Waals surface area contributed by atoms with Gasteiger partial charge in [-0.1, -0.05) is 23.2 Å². The minimum atomic E-state index is -4.56. The zero-order valence-electron chi connectivity index (χ0n) is 16.0. The average Bonchev–Trinajstić information content (AvgIpc) is 2.71. The molecule has 1 N–H and O–H groups in total. The van der Waals surface area contributed by atoms with Crippen molar-refractivity contribution in [2.45, 2.75) is 19.6 Å². The minimum Gasteiger partial charge on any atom is -0.437 e. The van der Waals surface area contributed by atoms with Crippen LogP contribution in [0.5, 0.6) is 11.6 Å². The van der Waals surface area contributed by atoms with Crippen molar-refractivity contribution in [2.75, 3.05) is 5.01 Å². The van der Waals surface area contributed by atoms with Gasteiger partial charge in [-0.2, -0.15) is 13.2 Å². The van der Waals surface area contributed by atoms with Gasteiger partial charge in [0, 0.05) is 17.4 Å². The fourth-order valence-corrected chi connectivity index (χ4v) is 3.03. The van der Waals surface area contributed by atoms with Crippen LogP contribution in [0.25, 0.3) is 0 Å². The molecule has 0 spiro atoms. The largest absolute Gasteiger partial charge is 0.437 e. The molecule has 2 heterocycles. The number of amides is 1. The second-order valence-corrected chi connectivity index (χ2v) is 7.14. The molecule has 0 aliphatic carbocycles. The van der Waals surface area contributed by atoms with Crippen LogP contribution >= 0.6 is 23.2 Å². The van der Waals surface area contributed by atoms with Gasteiger partial charge in [0.15, 0.2) is 0 Å². The maximum Gasteiger partial charge on any atom is 0.417 e. The van der Waals surface area contributed by atoms with E-state index < -0.39 is 11.7 Å². The molecule has 0 saturated carbocycles. The lowest BCUT2D eigenvalue weighted by Gasteiger charge is -2.21. The Kier molecular flexibility index (Phi) is 6.99. The van der Waals surface area contributed by atoms with Crippen LogP contribution in [0.4, 0.5) is 18.9 Å². The number of pyridine rings is 2. The van der Waals surface area contributed by atoms with Gasteiger partial charge in [-0.3, -0.25) is 9.78 Å². The predicted molar refractivity (Wildman–Crippen MR) is 110 cm³/mol. The molecule has 1 amide bonds. The van der Waals surface area contributed by atoms with Gasteiger partial charge in [0.2, 0.25) is 12.3 Å². The van der Waals surface area contributed by atoms with Crippen molar-refractivity contribution in [3.05, 3.63) is 75.7 Å². The summed E-state index contributed by atoms with van der Waals surface area (Å²) < 4.78 is 44.1. The number of rotatable bonds is 7. The maximum absolute atomic E-state index is 12.8. The summed E-state index contributed by atoms with van der Waals surface area (Å²) in [6.45, 7) is 1.68. The van der Waals surface area contributed by atoms with Gasteiger partial charge in [-0.05, 0) is 48.9 Å². The van der Waals surface area contributed by atoms with Gasteiger partial charge >= 0.3 is 6.18 Å². The van der Waals surface area contributed by atoms with Crippen molar-refractivity contribution in [1.82, 2.24) is 15.4 Å². The Labute approximate surface area is 185 Å². The van der Waals surface area contributed by atoms with Crippen molar-refractivity contribution in [2.24, 2.45) is 0 Å². The Morgan fingerprint density at radius 3 is 2.61 bits per heavy atom. The fourth-order valence-electron chi connectivity index (χ4n) is 2.57. The van der Waals surface area contributed by atoms with E-state index in [1.165, 1.54) is 6.20 Å². The van der Waals surface area contributed by atoms with Gasteiger partial charge in [0.1, 0.15) is 11.4 Å². The number of nitrogens with one attached hydrogen (secondary N) is 1. The second-order valence-electron chi connectivity index (χ2n) is 6.30. The number of aryl methyl sites for hydroxylation is 1. The van der Waals surface area contributed by atoms with Crippen LogP contribution in [0.1, 0.15) is 16.8 Å². The molecule has 3 aromatic rings. The molecular formula is C20H15Cl2F3N4O2. The maximum atomic E-state index is 12.8. The third-order valence-electron chi connectivity index (χ3n) is 4.12. The van der Waals surface area contributed by atoms with Gasteiger partial charge in [-0.25, -0.2) is 15.4 Å². The molecule has 0 unspecified atom stereocenters. The number of carbonyl (C=O) groups excluding carboxylic acids is 1. The molecular weight excluding hydrogens is 456 g/mol. The lowest BCUT2D eigenvalue weighted by Crippen LogP contribution is -2.37. The van der Waals surface area contributed by atoms with Crippen LogP contribution in [0.15, 0.2) is 48.8 Å². The van der Waals surface area contributed by atoms with E-state index in [1.807, 2.05) is 0 Å². The smallest absolute Gasteiger partial charge is 0.417 e. The van der Waals surface area contributed by atoms with E-state index in [-0.39, 0.29) is 28.8 Å². The van der Waals surface area contributed by atoms with Crippen LogP contribution < -0.4 is 15.2 Å². The third-order valence-corrected chi connectivity index (χ3v) is 4.68. The number of ether oxygens (including phenoxy) is 1. The summed E-state index contributed by atoms with van der Waals surface area (Å²) in [5.74, 6) is 0.613. The third kappa shape index (κ3) is 5.63. The highest BCUT2D eigenvalue weighted by Crippen LogP contribution is 2.33. The summed E-state index contributed by atoms with van der Waals surface area (Å²) in [7, 11) is 0. The molecule has 6 nitrogen and oxygen atoms in total. The Bertz CT molecular complexity index is 1100. The van der Waals surface area contributed by atoms with E-state index in [0.29, 0.717) is 23.4 Å². The highest BCUT2D eigenvalue weighted by molar-refractivity contribution is 6.31. The monoisotopic (exact) mass is 470 g/mol. The Hall–Kier alpha value is -2.88. The summed E-state index contributed by atoms with van der Waals surface area (Å²) in [5.41, 5.74) is 2.94. The van der Waals surface area contributed by atoms with E-state index in [9.17, 15) is 18.0 Å². The van der Waals surface area contributed by atoms with E-state index in [0.717, 1.165) is 16.6 Å². The molecule has 2 aromatic heterocycles. The lowest BCUT2D eigenvalue weighted by molar-refractivity contribution is -0.137. The lowest BCUT2D eigenvalue weighted by atomic mass is 10.2. The van der Waals surface area contributed by atoms with Crippen molar-refractivity contribution >= 4 is 35.3 Å². The highest BCUT2D eigenvalue weighted by atomic mass is 35.5. The number of nitrogens with zero attached hydrogens (tertiary/aromatic N) is 3. The molecule has 31 heavy (non-hydrogen) atoms. The van der Waals surface area contributed by atoms with E-state index in [1.54, 1.807) is 37.3 Å². The van der Waals surface area contributed by atoms with Crippen LogP contribution in [-0.2, 0) is 17.5 Å². The number of alkyl halides is 3. The first-order valence-corrected chi connectivity index (χ1v) is 9.53. The zero-order valence-corrected chi connectivity index (χ0v) is 17.5. The topological polar surface area (TPSA) is 67.3 Å². The molecule has 0 saturated heterocycles. The zero-order chi connectivity index (χ0) is 22.6. The molecule has 0 fully saturated rings. The SMILES string of the molecule is Cc1cc(Cl)ccc1Oc1ncccc1N(C=O)NCc1ncc(C(F)(F)F)cc1Cl. The molecule has 0 aliphatic rings. The molecule has 0 bridgehead atoms. The van der Waals surface area contributed by atoms with E-state index >= 15 is 0 Å². The molecule has 3 rings (SSSR count). The van der Waals surface area contributed by atoms with Crippen molar-refractivity contribution in [1.29, 1.82) is 0 Å². The number of halogens is 5. The Balaban J connectivity index is 1.80. The van der Waals surface area contributed by atoms with Crippen LogP contribution in [-0.4, -0.2) is 16.4 Å². The number of hydrazine groups is 1. The van der Waals surface area contributed by atoms with Crippen molar-refractivity contribution in [3.8, 4) is 11.6 Å². The van der Waals surface area contributed by atoms with Gasteiger partial charge < -0.3 is 4.74 Å². The number of anilines is 1. The first-order valence-electron chi connectivity index (χ1n) is 8.77. The van der Waals surface area contributed by atoms with E-state index in [4.69, 9.17) is 27.9 Å². The highest BCUT2D eigenvalue weighted by Gasteiger charge is 2.31. The number of hydrogen-bond donors (Lipinski definition) is 1. The van der Waals surface area contributed by atoms with Gasteiger partial charge in [0.25, 0.3) is 0 Å². The van der Waals surface area contributed by atoms with Crippen LogP contribution in [0.2, 0.25) is 10.0 Å². The second kappa shape index (κ2) is 9.51. The number of hydrogen-bond acceptors (Lipinski definition) is 5. The molecule has 0 atom stereocenters.